The van der Waals surface area contributed by atoms with Gasteiger partial charge < -0.3 is 34.3 Å². The van der Waals surface area contributed by atoms with Crippen LogP contribution in [0.2, 0.25) is 0 Å². The lowest BCUT2D eigenvalue weighted by Gasteiger charge is -2.60. The van der Waals surface area contributed by atoms with Crippen LogP contribution in [-0.2, 0) is 52.5 Å². The van der Waals surface area contributed by atoms with Crippen molar-refractivity contribution in [2.75, 3.05) is 26.4 Å². The molecule has 1 spiro atoms. The van der Waals surface area contributed by atoms with Gasteiger partial charge in [0.1, 0.15) is 31.0 Å². The fourth-order valence-corrected chi connectivity index (χ4v) is 23.2. The SMILES string of the molecule is CCC(=O)O[C@]1(C(=O)CO)CCC2C3CCC4=CC(=O)CC[C@]4(C)C3CC[C@@]21C.CCOC1(CC)OCC(=O)[C@]2(CCC3C4CCC5=CC(=O)CC[C@]5(C)C4CC[C@@]32C)O1.C[C@]12CCC(=O)C=C1CCC1C2CC[C@@]2(C)C1CC[C@]2(O)C(=O)CO. The Balaban J connectivity index is 0.000000133. The number of carbonyl (C=O) groups is 7. The minimum absolute atomic E-state index is 0.0739. The molecule has 0 aromatic rings. The minimum atomic E-state index is -1.36. The van der Waals surface area contributed by atoms with Crippen molar-refractivity contribution >= 4 is 40.7 Å². The molecule has 0 aromatic carbocycles. The third kappa shape index (κ3) is 9.33. The number of ketones is 6. The second-order valence-corrected chi connectivity index (χ2v) is 30.7. The average molecular weight is 1180 g/mol. The average Bonchev–Trinajstić information content (AvgIpc) is 1.66. The lowest BCUT2D eigenvalue weighted by molar-refractivity contribution is -0.429. The molecule has 10 unspecified atom stereocenters. The normalized spacial score (nSPS) is 47.3. The van der Waals surface area contributed by atoms with E-state index >= 15 is 0 Å². The first-order valence-electron chi connectivity index (χ1n) is 33.7. The molecule has 13 rings (SSSR count). The third-order valence-electron chi connectivity index (χ3n) is 28.1. The van der Waals surface area contributed by atoms with Gasteiger partial charge in [-0.2, -0.15) is 0 Å². The molecule has 3 N–H and O–H groups in total. The number of ether oxygens (including phenoxy) is 4. The summed E-state index contributed by atoms with van der Waals surface area (Å²) in [4.78, 5) is 86.9. The zero-order valence-corrected chi connectivity index (χ0v) is 53.0. The Hall–Kier alpha value is -3.53. The lowest BCUT2D eigenvalue weighted by Crippen LogP contribution is -2.66. The quantitative estimate of drug-likeness (QED) is 0.183. The van der Waals surface area contributed by atoms with Gasteiger partial charge >= 0.3 is 5.97 Å². The molecule has 1 heterocycles. The van der Waals surface area contributed by atoms with Crippen LogP contribution in [-0.4, -0.2) is 105 Å². The Morgan fingerprint density at radius 1 is 0.518 bits per heavy atom. The highest BCUT2D eigenvalue weighted by molar-refractivity contribution is 5.94. The van der Waals surface area contributed by atoms with Crippen molar-refractivity contribution in [1.82, 2.24) is 0 Å². The molecule has 14 heteroatoms. The highest BCUT2D eigenvalue weighted by Crippen LogP contribution is 2.72. The first-order valence-corrected chi connectivity index (χ1v) is 33.7. The van der Waals surface area contributed by atoms with E-state index in [9.17, 15) is 48.9 Å². The molecule has 1 saturated heterocycles. The van der Waals surface area contributed by atoms with E-state index in [-0.39, 0.29) is 63.8 Å². The van der Waals surface area contributed by atoms with E-state index in [1.165, 1.54) is 16.7 Å². The summed E-state index contributed by atoms with van der Waals surface area (Å²) < 4.78 is 24.4. The molecule has 13 aliphatic rings. The van der Waals surface area contributed by atoms with Crippen LogP contribution >= 0.6 is 0 Å². The smallest absolute Gasteiger partial charge is 0.306 e. The molecule has 14 nitrogen and oxygen atoms in total. The minimum Gasteiger partial charge on any atom is -0.450 e. The van der Waals surface area contributed by atoms with Gasteiger partial charge in [-0.3, -0.25) is 33.6 Å². The van der Waals surface area contributed by atoms with Crippen molar-refractivity contribution in [2.24, 2.45) is 85.8 Å². The largest absolute Gasteiger partial charge is 0.450 e. The maximum atomic E-state index is 13.4. The van der Waals surface area contributed by atoms with Gasteiger partial charge in [0.2, 0.25) is 5.78 Å². The number of aliphatic hydroxyl groups is 3. The highest BCUT2D eigenvalue weighted by Gasteiger charge is 2.72. The Morgan fingerprint density at radius 2 is 0.941 bits per heavy atom. The molecule has 1 aliphatic heterocycles. The van der Waals surface area contributed by atoms with E-state index in [1.807, 2.05) is 32.1 Å². The van der Waals surface area contributed by atoms with E-state index in [0.29, 0.717) is 104 Å². The monoisotopic (exact) mass is 1180 g/mol. The summed E-state index contributed by atoms with van der Waals surface area (Å²) in [7, 11) is 0. The molecule has 12 aliphatic carbocycles. The topological polar surface area (TPSA) is 217 Å². The van der Waals surface area contributed by atoms with Crippen molar-refractivity contribution in [2.45, 2.75) is 252 Å². The third-order valence-corrected chi connectivity index (χ3v) is 28.1. The number of hydrogen-bond donors (Lipinski definition) is 3. The number of carbonyl (C=O) groups excluding carboxylic acids is 7. The van der Waals surface area contributed by atoms with Crippen LogP contribution < -0.4 is 0 Å². The van der Waals surface area contributed by atoms with Crippen LogP contribution in [0.4, 0.5) is 0 Å². The molecule has 10 fully saturated rings. The summed E-state index contributed by atoms with van der Waals surface area (Å²) in [6.07, 6.45) is 27.8. The highest BCUT2D eigenvalue weighted by atomic mass is 16.9. The summed E-state index contributed by atoms with van der Waals surface area (Å²) in [5, 5.41) is 30.3. The van der Waals surface area contributed by atoms with Crippen LogP contribution in [0.3, 0.4) is 0 Å². The zero-order valence-electron chi connectivity index (χ0n) is 53.0. The summed E-state index contributed by atoms with van der Waals surface area (Å²) in [6, 6.07) is 0. The van der Waals surface area contributed by atoms with Crippen LogP contribution in [0.25, 0.3) is 0 Å². The lowest BCUT2D eigenvalue weighted by atomic mass is 9.46. The predicted octanol–water partition coefficient (Wildman–Crippen LogP) is 11.6. The number of Topliss-reactive ketones (excluding diaryl/α,β-unsaturated/α-hetero) is 3. The fraction of sp³-hybridized carbons (Fsp3) is 0.817. The van der Waals surface area contributed by atoms with E-state index in [0.717, 1.165) is 122 Å². The Bertz CT molecular complexity index is 2830. The van der Waals surface area contributed by atoms with Crippen molar-refractivity contribution in [3.63, 3.8) is 0 Å². The molecule has 0 radical (unpaired) electrons. The number of aliphatic hydroxyl groups excluding tert-OH is 2. The molecule has 9 saturated carbocycles. The number of fused-ring (bicyclic) bond motifs is 16. The summed E-state index contributed by atoms with van der Waals surface area (Å²) >= 11 is 0. The van der Waals surface area contributed by atoms with E-state index in [4.69, 9.17) is 18.9 Å². The van der Waals surface area contributed by atoms with Crippen LogP contribution in [0.5, 0.6) is 0 Å². The van der Waals surface area contributed by atoms with Gasteiger partial charge in [-0.15, -0.1) is 0 Å². The maximum absolute atomic E-state index is 13.4. The van der Waals surface area contributed by atoms with Gasteiger partial charge in [-0.25, -0.2) is 0 Å². The Kier molecular flexibility index (Phi) is 16.7. The molecule has 0 amide bonds. The van der Waals surface area contributed by atoms with E-state index < -0.39 is 52.6 Å². The molecular weight excluding hydrogens is 1080 g/mol. The first kappa shape index (κ1) is 63.1. The predicted molar refractivity (Wildman–Crippen MR) is 318 cm³/mol. The number of esters is 1. The van der Waals surface area contributed by atoms with E-state index in [1.54, 1.807) is 6.92 Å². The Morgan fingerprint density at radius 3 is 1.40 bits per heavy atom. The summed E-state index contributed by atoms with van der Waals surface area (Å²) in [6.45, 7) is 18.7. The molecular formula is C71H102O14. The Labute approximate surface area is 505 Å². The van der Waals surface area contributed by atoms with Crippen molar-refractivity contribution < 1.29 is 67.8 Å². The van der Waals surface area contributed by atoms with Gasteiger partial charge in [0.15, 0.2) is 34.5 Å². The van der Waals surface area contributed by atoms with Gasteiger partial charge in [0, 0.05) is 55.0 Å². The van der Waals surface area contributed by atoms with Crippen LogP contribution in [0.1, 0.15) is 229 Å². The van der Waals surface area contributed by atoms with Crippen molar-refractivity contribution in [1.29, 1.82) is 0 Å². The molecule has 19 atom stereocenters. The molecule has 470 valence electrons. The van der Waals surface area contributed by atoms with Gasteiger partial charge in [0.25, 0.3) is 5.97 Å². The standard InChI is InChI=1S/C26H38O5.C24H34O5.C21H30O4/c1-5-26(29-6-2)30-16-22(28)25(31-26)14-11-21-19-8-7-17-15-18(27)9-12-23(17,3)20(19)10-13-24(21,25)4;1-4-21(28)29-24(20(27)14-25)12-9-19-17-6-5-15-13-16(26)7-10-22(15,2)18(17)8-11-23(19,24)3;1-19-8-5-14(23)11-13(19)3-4-15-16(19)6-9-20(2)17(15)7-10-21(20,25)18(24)12-22/h15,19-21H,5-14,16H2,1-4H3;13,17-19,25H,4-12,14H2,1-3H3;11,15-17,22,25H,3-10,12H2,1-2H3/t19?,20?,21?,23-,24-,25-,26?;17?,18?,19?,22-,23-,24-;15?,16?,17?,19-,20-,21-/m000/s1. The van der Waals surface area contributed by atoms with Crippen LogP contribution in [0, 0.1) is 85.8 Å². The second kappa shape index (κ2) is 22.4. The van der Waals surface area contributed by atoms with Gasteiger partial charge in [0.05, 0.1) is 0 Å². The summed E-state index contributed by atoms with van der Waals surface area (Å²) in [5.41, 5.74) is -0.00357. The number of allylic oxidation sites excluding steroid dienone is 3. The number of rotatable bonds is 9. The first-order chi connectivity index (χ1) is 40.2. The fourth-order valence-electron chi connectivity index (χ4n) is 23.2. The molecule has 0 aromatic heterocycles. The van der Waals surface area contributed by atoms with Crippen LogP contribution in [0.15, 0.2) is 34.9 Å². The van der Waals surface area contributed by atoms with E-state index in [2.05, 4.69) is 41.5 Å². The van der Waals surface area contributed by atoms with Gasteiger partial charge in [-0.05, 0) is 229 Å². The van der Waals surface area contributed by atoms with Crippen molar-refractivity contribution in [3.05, 3.63) is 34.9 Å². The molecule has 85 heavy (non-hydrogen) atoms. The zero-order chi connectivity index (χ0) is 61.1. The maximum Gasteiger partial charge on any atom is 0.306 e. The van der Waals surface area contributed by atoms with Crippen molar-refractivity contribution in [3.8, 4) is 0 Å². The second-order valence-electron chi connectivity index (χ2n) is 30.7. The summed E-state index contributed by atoms with van der Waals surface area (Å²) in [5.74, 6) is 3.08. The molecule has 0 bridgehead atoms. The number of hydrogen-bond acceptors (Lipinski definition) is 14. The van der Waals surface area contributed by atoms with Gasteiger partial charge in [-0.1, -0.05) is 72.1 Å².